The van der Waals surface area contributed by atoms with Gasteiger partial charge in [0.1, 0.15) is 0 Å². The Balaban J connectivity index is 0.00000288. The smallest absolute Gasteiger partial charge is 0.199 e. The van der Waals surface area contributed by atoms with Gasteiger partial charge in [0.15, 0.2) is 11.9 Å². The predicted octanol–water partition coefficient (Wildman–Crippen LogP) is 3.65. The normalized spacial score (nSPS) is 9.92. The lowest BCUT2D eigenvalue weighted by atomic mass is 10.1. The van der Waals surface area contributed by atoms with Crippen LogP contribution >= 0.6 is 12.4 Å². The maximum atomic E-state index is 8.14. The van der Waals surface area contributed by atoms with Crippen molar-refractivity contribution in [3.8, 4) is 0 Å². The second-order valence-corrected chi connectivity index (χ2v) is 5.36. The zero-order chi connectivity index (χ0) is 16.7. The molecule has 6 nitrogen and oxygen atoms in total. The molecular formula is C17H25ClN6. The van der Waals surface area contributed by atoms with Crippen molar-refractivity contribution in [2.24, 2.45) is 0 Å². The van der Waals surface area contributed by atoms with Crippen molar-refractivity contribution in [3.05, 3.63) is 36.7 Å². The summed E-state index contributed by atoms with van der Waals surface area (Å²) in [6, 6.07) is 7.73. The molecule has 0 aliphatic rings. The minimum Gasteiger partial charge on any atom is -0.343 e. The van der Waals surface area contributed by atoms with Crippen LogP contribution in [0.25, 0.3) is 10.8 Å². The van der Waals surface area contributed by atoms with Crippen LogP contribution < -0.4 is 10.6 Å². The second-order valence-electron chi connectivity index (χ2n) is 5.36. The van der Waals surface area contributed by atoms with Gasteiger partial charge in [-0.25, -0.2) is 0 Å². The van der Waals surface area contributed by atoms with E-state index in [9.17, 15) is 0 Å². The van der Waals surface area contributed by atoms with Crippen molar-refractivity contribution in [2.75, 3.05) is 18.4 Å². The molecule has 130 valence electrons. The Hall–Kier alpha value is -2.34. The second kappa shape index (κ2) is 9.72. The van der Waals surface area contributed by atoms with Crippen LogP contribution in [0.2, 0.25) is 0 Å². The first-order valence-electron chi connectivity index (χ1n) is 7.94. The standard InChI is InChI=1S/C17H24N6.ClH/c1-3-10-23(11-4-2)17(19)22-16(18)21-15-7-5-6-13-12-20-9-8-14(13)15;/h5-9,12H,3-4,10-11H2,1-2H3,(H4,18,19,21,22);1H. The summed E-state index contributed by atoms with van der Waals surface area (Å²) in [7, 11) is 0. The highest BCUT2D eigenvalue weighted by molar-refractivity contribution is 6.07. The molecule has 0 unspecified atom stereocenters. The molecule has 0 amide bonds. The number of rotatable bonds is 5. The van der Waals surface area contributed by atoms with Crippen molar-refractivity contribution in [3.63, 3.8) is 0 Å². The summed E-state index contributed by atoms with van der Waals surface area (Å²) in [4.78, 5) is 6.06. The minimum atomic E-state index is 0. The van der Waals surface area contributed by atoms with Crippen molar-refractivity contribution < 1.29 is 0 Å². The molecule has 0 atom stereocenters. The number of nitrogens with zero attached hydrogens (tertiary/aromatic N) is 2. The molecule has 24 heavy (non-hydrogen) atoms. The number of anilines is 1. The number of fused-ring (bicyclic) bond motifs is 1. The van der Waals surface area contributed by atoms with Crippen LogP contribution in [0.3, 0.4) is 0 Å². The van der Waals surface area contributed by atoms with E-state index in [0.717, 1.165) is 42.4 Å². The lowest BCUT2D eigenvalue weighted by molar-refractivity contribution is 0.405. The zero-order valence-electron chi connectivity index (χ0n) is 14.1. The fourth-order valence-corrected chi connectivity index (χ4v) is 2.47. The first-order chi connectivity index (χ1) is 11.2. The van der Waals surface area contributed by atoms with E-state index in [0.29, 0.717) is 0 Å². The molecule has 0 bridgehead atoms. The van der Waals surface area contributed by atoms with Gasteiger partial charge >= 0.3 is 0 Å². The maximum absolute atomic E-state index is 8.14. The monoisotopic (exact) mass is 348 g/mol. The Morgan fingerprint density at radius 2 is 1.83 bits per heavy atom. The van der Waals surface area contributed by atoms with Gasteiger partial charge in [-0.05, 0) is 25.0 Å². The predicted molar refractivity (Wildman–Crippen MR) is 103 cm³/mol. The third-order valence-electron chi connectivity index (χ3n) is 3.49. The molecule has 0 fully saturated rings. The molecule has 1 heterocycles. The van der Waals surface area contributed by atoms with E-state index in [1.165, 1.54) is 0 Å². The van der Waals surface area contributed by atoms with E-state index in [1.54, 1.807) is 12.4 Å². The molecule has 0 saturated carbocycles. The summed E-state index contributed by atoms with van der Waals surface area (Å²) in [6.45, 7) is 5.80. The summed E-state index contributed by atoms with van der Waals surface area (Å²) in [5, 5.41) is 24.1. The Kier molecular flexibility index (Phi) is 7.98. The minimum absolute atomic E-state index is 0. The van der Waals surface area contributed by atoms with Gasteiger partial charge in [0, 0.05) is 41.9 Å². The quantitative estimate of drug-likeness (QED) is 0.490. The van der Waals surface area contributed by atoms with Crippen LogP contribution in [0, 0.1) is 10.8 Å². The summed E-state index contributed by atoms with van der Waals surface area (Å²) in [5.41, 5.74) is 0.827. The number of aromatic nitrogens is 1. The van der Waals surface area contributed by atoms with Gasteiger partial charge < -0.3 is 10.2 Å². The van der Waals surface area contributed by atoms with Crippen molar-refractivity contribution >= 4 is 40.8 Å². The van der Waals surface area contributed by atoms with E-state index in [-0.39, 0.29) is 24.3 Å². The Bertz CT molecular complexity index is 676. The molecule has 0 aliphatic heterocycles. The number of nitrogens with one attached hydrogen (secondary N) is 4. The molecule has 0 spiro atoms. The lowest BCUT2D eigenvalue weighted by Crippen LogP contribution is -2.46. The van der Waals surface area contributed by atoms with Crippen LogP contribution in [-0.4, -0.2) is 34.9 Å². The zero-order valence-corrected chi connectivity index (χ0v) is 14.9. The number of halogens is 1. The highest BCUT2D eigenvalue weighted by atomic mass is 35.5. The van der Waals surface area contributed by atoms with Crippen LogP contribution in [-0.2, 0) is 0 Å². The molecule has 1 aromatic heterocycles. The summed E-state index contributed by atoms with van der Waals surface area (Å²) >= 11 is 0. The highest BCUT2D eigenvalue weighted by Crippen LogP contribution is 2.21. The van der Waals surface area contributed by atoms with Crippen LogP contribution in [0.4, 0.5) is 5.69 Å². The van der Waals surface area contributed by atoms with E-state index in [1.807, 2.05) is 29.2 Å². The van der Waals surface area contributed by atoms with E-state index in [2.05, 4.69) is 29.5 Å². The SMILES string of the molecule is CCCN(CCC)C(=N)NC(=N)Nc1cccc2cnccc12.Cl. The first kappa shape index (κ1) is 19.7. The first-order valence-corrected chi connectivity index (χ1v) is 7.94. The van der Waals surface area contributed by atoms with Gasteiger partial charge in [0.25, 0.3) is 0 Å². The van der Waals surface area contributed by atoms with E-state index in [4.69, 9.17) is 10.8 Å². The molecule has 2 rings (SSSR count). The molecule has 4 N–H and O–H groups in total. The molecule has 7 heteroatoms. The van der Waals surface area contributed by atoms with Crippen molar-refractivity contribution in [1.29, 1.82) is 10.8 Å². The van der Waals surface area contributed by atoms with Crippen LogP contribution in [0.1, 0.15) is 26.7 Å². The Morgan fingerprint density at radius 1 is 1.12 bits per heavy atom. The number of hydrogen-bond acceptors (Lipinski definition) is 3. The van der Waals surface area contributed by atoms with Gasteiger partial charge in [-0.2, -0.15) is 0 Å². The van der Waals surface area contributed by atoms with Gasteiger partial charge in [0.2, 0.25) is 0 Å². The Morgan fingerprint density at radius 3 is 2.50 bits per heavy atom. The largest absolute Gasteiger partial charge is 0.343 e. The third-order valence-corrected chi connectivity index (χ3v) is 3.49. The fourth-order valence-electron chi connectivity index (χ4n) is 2.47. The summed E-state index contributed by atoms with van der Waals surface area (Å²) in [5.74, 6) is 0.352. The van der Waals surface area contributed by atoms with Gasteiger partial charge in [-0.3, -0.25) is 21.1 Å². The lowest BCUT2D eigenvalue weighted by Gasteiger charge is -2.25. The van der Waals surface area contributed by atoms with Crippen molar-refractivity contribution in [2.45, 2.75) is 26.7 Å². The topological polar surface area (TPSA) is 87.9 Å². The molecular weight excluding hydrogens is 324 g/mol. The number of benzene rings is 1. The summed E-state index contributed by atoms with van der Waals surface area (Å²) in [6.07, 6.45) is 5.48. The fraction of sp³-hybridized carbons (Fsp3) is 0.353. The number of guanidine groups is 2. The Labute approximate surface area is 149 Å². The van der Waals surface area contributed by atoms with Gasteiger partial charge in [-0.15, -0.1) is 12.4 Å². The highest BCUT2D eigenvalue weighted by Gasteiger charge is 2.10. The van der Waals surface area contributed by atoms with Crippen molar-refractivity contribution in [1.82, 2.24) is 15.2 Å². The van der Waals surface area contributed by atoms with E-state index < -0.39 is 0 Å². The third kappa shape index (κ3) is 5.09. The number of hydrogen-bond donors (Lipinski definition) is 4. The summed E-state index contributed by atoms with van der Waals surface area (Å²) < 4.78 is 0. The van der Waals surface area contributed by atoms with Crippen LogP contribution in [0.15, 0.2) is 36.7 Å². The van der Waals surface area contributed by atoms with Gasteiger partial charge in [0.05, 0.1) is 0 Å². The molecule has 0 saturated heterocycles. The number of pyridine rings is 1. The van der Waals surface area contributed by atoms with Gasteiger partial charge in [-0.1, -0.05) is 26.0 Å². The molecule has 0 radical (unpaired) electrons. The molecule has 2 aromatic rings. The molecule has 0 aliphatic carbocycles. The molecule has 1 aromatic carbocycles. The van der Waals surface area contributed by atoms with E-state index >= 15 is 0 Å². The average molecular weight is 349 g/mol. The average Bonchev–Trinajstić information content (AvgIpc) is 2.55. The maximum Gasteiger partial charge on any atom is 0.199 e. The van der Waals surface area contributed by atoms with Crippen LogP contribution in [0.5, 0.6) is 0 Å².